The van der Waals surface area contributed by atoms with Crippen LogP contribution in [0.1, 0.15) is 12.0 Å². The molecule has 1 aromatic heterocycles. The molecule has 0 unspecified atom stereocenters. The SMILES string of the molecule is CN1CC(F)(S(=O)(=O)c2ccc(-c3ccc(C4=NO[C@@H](Cn5ccnn5)C4)cc3F)cc2)C1. The van der Waals surface area contributed by atoms with Crippen molar-refractivity contribution in [3.05, 3.63) is 66.2 Å². The van der Waals surface area contributed by atoms with E-state index in [0.29, 0.717) is 35.4 Å². The van der Waals surface area contributed by atoms with Crippen molar-refractivity contribution in [3.63, 3.8) is 0 Å². The minimum absolute atomic E-state index is 0.116. The van der Waals surface area contributed by atoms with Crippen molar-refractivity contribution < 1.29 is 22.0 Å². The van der Waals surface area contributed by atoms with Gasteiger partial charge in [-0.2, -0.15) is 0 Å². The van der Waals surface area contributed by atoms with Gasteiger partial charge in [0, 0.05) is 36.8 Å². The van der Waals surface area contributed by atoms with Crippen LogP contribution in [0, 0.1) is 5.82 Å². The van der Waals surface area contributed by atoms with Crippen LogP contribution in [0.5, 0.6) is 0 Å². The molecule has 5 rings (SSSR count). The lowest BCUT2D eigenvalue weighted by molar-refractivity contribution is 0.0528. The second kappa shape index (κ2) is 7.99. The molecule has 1 saturated heterocycles. The minimum Gasteiger partial charge on any atom is -0.390 e. The van der Waals surface area contributed by atoms with Gasteiger partial charge in [0.2, 0.25) is 14.8 Å². The van der Waals surface area contributed by atoms with Crippen LogP contribution in [0.25, 0.3) is 11.1 Å². The summed E-state index contributed by atoms with van der Waals surface area (Å²) in [5.74, 6) is -0.479. The number of halogens is 2. The number of sulfone groups is 1. The van der Waals surface area contributed by atoms with Gasteiger partial charge < -0.3 is 4.84 Å². The molecule has 8 nitrogen and oxygen atoms in total. The maximum Gasteiger partial charge on any atom is 0.240 e. The van der Waals surface area contributed by atoms with Crippen LogP contribution in [0.2, 0.25) is 0 Å². The first-order valence-electron chi connectivity index (χ1n) is 10.3. The van der Waals surface area contributed by atoms with Gasteiger partial charge in [-0.1, -0.05) is 34.6 Å². The van der Waals surface area contributed by atoms with Crippen molar-refractivity contribution >= 4 is 15.5 Å². The average Bonchev–Trinajstić information content (AvgIpc) is 3.45. The number of hydrogen-bond donors (Lipinski definition) is 0. The van der Waals surface area contributed by atoms with Crippen LogP contribution < -0.4 is 0 Å². The molecule has 2 aliphatic heterocycles. The number of nitrogens with zero attached hydrogens (tertiary/aromatic N) is 5. The van der Waals surface area contributed by atoms with Gasteiger partial charge in [-0.3, -0.25) is 4.90 Å². The summed E-state index contributed by atoms with van der Waals surface area (Å²) in [5.41, 5.74) is 2.03. The van der Waals surface area contributed by atoms with E-state index in [1.807, 2.05) is 0 Å². The minimum atomic E-state index is -4.13. The van der Waals surface area contributed by atoms with Crippen LogP contribution in [0.4, 0.5) is 8.78 Å². The highest BCUT2D eigenvalue weighted by atomic mass is 32.2. The van der Waals surface area contributed by atoms with Crippen LogP contribution >= 0.6 is 0 Å². The van der Waals surface area contributed by atoms with Crippen LogP contribution in [-0.2, 0) is 21.2 Å². The maximum atomic E-state index is 14.9. The molecule has 11 heteroatoms. The summed E-state index contributed by atoms with van der Waals surface area (Å²) in [6.07, 6.45) is 3.59. The van der Waals surface area contributed by atoms with Crippen molar-refractivity contribution in [1.82, 2.24) is 19.9 Å². The number of likely N-dealkylation sites (tertiary alicyclic amines) is 1. The smallest absolute Gasteiger partial charge is 0.240 e. The fourth-order valence-electron chi connectivity index (χ4n) is 4.12. The molecule has 2 aromatic carbocycles. The van der Waals surface area contributed by atoms with Gasteiger partial charge in [0.1, 0.15) is 5.82 Å². The third kappa shape index (κ3) is 3.91. The van der Waals surface area contributed by atoms with E-state index in [4.69, 9.17) is 4.84 Å². The van der Waals surface area contributed by atoms with E-state index in [2.05, 4.69) is 15.5 Å². The van der Waals surface area contributed by atoms with Gasteiger partial charge >= 0.3 is 0 Å². The lowest BCUT2D eigenvalue weighted by Crippen LogP contribution is -2.61. The quantitative estimate of drug-likeness (QED) is 0.547. The van der Waals surface area contributed by atoms with E-state index < -0.39 is 20.7 Å². The first-order valence-corrected chi connectivity index (χ1v) is 11.8. The molecule has 1 fully saturated rings. The molecular formula is C22H21F2N5O3S. The number of benzene rings is 2. The fraction of sp³-hybridized carbons (Fsp3) is 0.318. The van der Waals surface area contributed by atoms with E-state index in [-0.39, 0.29) is 24.1 Å². The zero-order chi connectivity index (χ0) is 23.2. The Labute approximate surface area is 189 Å². The lowest BCUT2D eigenvalue weighted by Gasteiger charge is -2.41. The van der Waals surface area contributed by atoms with Crippen molar-refractivity contribution in [2.75, 3.05) is 20.1 Å². The summed E-state index contributed by atoms with van der Waals surface area (Å²) < 4.78 is 56.5. The topological polar surface area (TPSA) is 89.7 Å². The molecular weight excluding hydrogens is 452 g/mol. The van der Waals surface area contributed by atoms with Crippen molar-refractivity contribution in [2.24, 2.45) is 5.16 Å². The Morgan fingerprint density at radius 2 is 1.88 bits per heavy atom. The Hall–Kier alpha value is -3.18. The molecule has 0 radical (unpaired) electrons. The van der Waals surface area contributed by atoms with Gasteiger partial charge in [0.05, 0.1) is 23.3 Å². The number of hydrogen-bond acceptors (Lipinski definition) is 7. The third-order valence-corrected chi connectivity index (χ3v) is 7.98. The van der Waals surface area contributed by atoms with Gasteiger partial charge in [-0.05, 0) is 30.8 Å². The second-order valence-electron chi connectivity index (χ2n) is 8.37. The molecule has 1 atom stereocenters. The highest BCUT2D eigenvalue weighted by Gasteiger charge is 2.53. The highest BCUT2D eigenvalue weighted by molar-refractivity contribution is 7.92. The fourth-order valence-corrected chi connectivity index (χ4v) is 5.82. The van der Waals surface area contributed by atoms with Crippen LogP contribution in [0.3, 0.4) is 0 Å². The number of oxime groups is 1. The Bertz CT molecular complexity index is 1300. The molecule has 0 aliphatic carbocycles. The maximum absolute atomic E-state index is 14.9. The van der Waals surface area contributed by atoms with E-state index in [1.165, 1.54) is 30.3 Å². The Morgan fingerprint density at radius 3 is 2.52 bits per heavy atom. The molecule has 3 heterocycles. The van der Waals surface area contributed by atoms with Gasteiger partial charge in [0.25, 0.3) is 0 Å². The molecule has 0 saturated carbocycles. The summed E-state index contributed by atoms with van der Waals surface area (Å²) in [4.78, 5) is 6.91. The van der Waals surface area contributed by atoms with Gasteiger partial charge in [-0.15, -0.1) is 5.10 Å². The molecule has 2 aliphatic rings. The summed E-state index contributed by atoms with van der Waals surface area (Å²) in [6.45, 7) is 0.153. The van der Waals surface area contributed by atoms with Crippen LogP contribution in [-0.4, -0.2) is 65.3 Å². The zero-order valence-electron chi connectivity index (χ0n) is 17.7. The predicted molar refractivity (Wildman–Crippen MR) is 116 cm³/mol. The average molecular weight is 474 g/mol. The summed E-state index contributed by atoms with van der Waals surface area (Å²) in [7, 11) is -2.47. The molecule has 0 N–H and O–H groups in total. The molecule has 3 aromatic rings. The number of rotatable bonds is 6. The second-order valence-corrected chi connectivity index (χ2v) is 10.6. The zero-order valence-corrected chi connectivity index (χ0v) is 18.5. The molecule has 0 amide bonds. The standard InChI is InChI=1S/C22H21F2N5O3S/c1-28-13-22(24,14-28)33(30,31)18-5-2-15(3-6-18)19-7-4-16(10-20(19)23)21-11-17(32-26-21)12-29-9-8-25-27-29/h2-10,17H,11-14H2,1H3/t17-/m1/s1. The Kier molecular flexibility index (Phi) is 5.25. The van der Waals surface area contributed by atoms with E-state index in [0.717, 1.165) is 0 Å². The van der Waals surface area contributed by atoms with E-state index >= 15 is 0 Å². The first kappa shape index (κ1) is 21.7. The summed E-state index contributed by atoms with van der Waals surface area (Å²) in [6, 6.07) is 10.3. The van der Waals surface area contributed by atoms with Crippen molar-refractivity contribution in [3.8, 4) is 11.1 Å². The number of aromatic nitrogens is 3. The lowest BCUT2D eigenvalue weighted by atomic mass is 9.99. The predicted octanol–water partition coefficient (Wildman–Crippen LogP) is 2.66. The Morgan fingerprint density at radius 1 is 1.15 bits per heavy atom. The van der Waals surface area contributed by atoms with Crippen molar-refractivity contribution in [2.45, 2.75) is 29.0 Å². The monoisotopic (exact) mass is 473 g/mol. The molecule has 33 heavy (non-hydrogen) atoms. The third-order valence-electron chi connectivity index (χ3n) is 5.87. The van der Waals surface area contributed by atoms with Gasteiger partial charge in [-0.25, -0.2) is 21.9 Å². The largest absolute Gasteiger partial charge is 0.390 e. The van der Waals surface area contributed by atoms with Crippen molar-refractivity contribution in [1.29, 1.82) is 0 Å². The highest BCUT2D eigenvalue weighted by Crippen LogP contribution is 2.36. The molecule has 172 valence electrons. The van der Waals surface area contributed by atoms with Crippen LogP contribution in [0.15, 0.2) is 64.9 Å². The number of alkyl halides is 1. The van der Waals surface area contributed by atoms with E-state index in [1.54, 1.807) is 41.2 Å². The normalized spacial score (nSPS) is 20.2. The van der Waals surface area contributed by atoms with Gasteiger partial charge in [0.15, 0.2) is 6.10 Å². The Balaban J connectivity index is 1.31. The summed E-state index contributed by atoms with van der Waals surface area (Å²) in [5, 5.41) is 9.44. The summed E-state index contributed by atoms with van der Waals surface area (Å²) >= 11 is 0. The first-order chi connectivity index (χ1) is 15.7. The molecule has 0 bridgehead atoms. The van der Waals surface area contributed by atoms with E-state index in [9.17, 15) is 17.2 Å². The molecule has 0 spiro atoms.